The molecule has 2 aromatic heterocycles. The largest absolute Gasteiger partial charge is 0.369 e. The van der Waals surface area contributed by atoms with Crippen molar-refractivity contribution in [1.82, 2.24) is 19.3 Å². The number of hydrogen-bond donors (Lipinski definition) is 1. The van der Waals surface area contributed by atoms with E-state index < -0.39 is 0 Å². The average Bonchev–Trinajstić information content (AvgIpc) is 2.86. The molecule has 0 aliphatic rings. The minimum Gasteiger partial charge on any atom is -0.369 e. The summed E-state index contributed by atoms with van der Waals surface area (Å²) < 4.78 is 4.16. The maximum absolute atomic E-state index is 6.13. The molecule has 1 atom stereocenters. The molecule has 1 unspecified atom stereocenters. The molecule has 0 aliphatic carbocycles. The van der Waals surface area contributed by atoms with Gasteiger partial charge in [-0.05, 0) is 33.1 Å². The number of nitrogens with zero attached hydrogens (tertiary/aromatic N) is 4. The van der Waals surface area contributed by atoms with E-state index in [2.05, 4.69) is 42.3 Å². The van der Waals surface area contributed by atoms with Gasteiger partial charge >= 0.3 is 0 Å². The summed E-state index contributed by atoms with van der Waals surface area (Å²) in [5, 5.41) is 4.54. The number of nitrogens with two attached hydrogens (primary N) is 1. The Hall–Kier alpha value is -1.52. The van der Waals surface area contributed by atoms with Gasteiger partial charge in [-0.25, -0.2) is 9.67 Å². The van der Waals surface area contributed by atoms with Gasteiger partial charge in [0, 0.05) is 12.6 Å². The van der Waals surface area contributed by atoms with Crippen molar-refractivity contribution < 1.29 is 0 Å². The number of imidazole rings is 1. The molecule has 0 radical (unpaired) electrons. The van der Waals surface area contributed by atoms with E-state index >= 15 is 0 Å². The summed E-state index contributed by atoms with van der Waals surface area (Å²) in [4.78, 5) is 4.50. The first-order valence-corrected chi connectivity index (χ1v) is 7.66. The lowest BCUT2D eigenvalue weighted by Crippen LogP contribution is -2.12. The minimum atomic E-state index is 0.361. The molecule has 0 bridgehead atoms. The maximum atomic E-state index is 6.13. The summed E-state index contributed by atoms with van der Waals surface area (Å²) in [5.74, 6) is 1.37. The molecule has 5 nitrogen and oxygen atoms in total. The smallest absolute Gasteiger partial charge is 0.202 e. The Morgan fingerprint density at radius 1 is 1.20 bits per heavy atom. The quantitative estimate of drug-likeness (QED) is 0.878. The van der Waals surface area contributed by atoms with Crippen molar-refractivity contribution >= 4 is 17.1 Å². The monoisotopic (exact) mass is 277 g/mol. The lowest BCUT2D eigenvalue weighted by atomic mass is 10.0. The van der Waals surface area contributed by atoms with E-state index in [1.165, 1.54) is 12.8 Å². The second-order valence-electron chi connectivity index (χ2n) is 6.09. The molecule has 2 N–H and O–H groups in total. The summed E-state index contributed by atoms with van der Waals surface area (Å²) in [6, 6.07) is 0.361. The first kappa shape index (κ1) is 14.9. The van der Waals surface area contributed by atoms with Crippen LogP contribution in [0.3, 0.4) is 0 Å². The van der Waals surface area contributed by atoms with Crippen LogP contribution in [0.4, 0.5) is 5.95 Å². The van der Waals surface area contributed by atoms with E-state index in [9.17, 15) is 0 Å². The van der Waals surface area contributed by atoms with Crippen LogP contribution in [0.2, 0.25) is 0 Å². The van der Waals surface area contributed by atoms with Crippen LogP contribution >= 0.6 is 0 Å². The number of aromatic nitrogens is 4. The van der Waals surface area contributed by atoms with E-state index in [1.807, 2.05) is 11.6 Å². The Labute approximate surface area is 121 Å². The van der Waals surface area contributed by atoms with Crippen molar-refractivity contribution in [1.29, 1.82) is 0 Å². The zero-order chi connectivity index (χ0) is 14.9. The Balaban J connectivity index is 2.30. The summed E-state index contributed by atoms with van der Waals surface area (Å²) in [7, 11) is 0. The summed E-state index contributed by atoms with van der Waals surface area (Å²) in [5.41, 5.74) is 9.11. The lowest BCUT2D eigenvalue weighted by molar-refractivity contribution is 0.451. The number of fused-ring (bicyclic) bond motifs is 1. The van der Waals surface area contributed by atoms with Crippen LogP contribution < -0.4 is 5.73 Å². The summed E-state index contributed by atoms with van der Waals surface area (Å²) in [6.45, 7) is 11.7. The molecule has 0 aliphatic heterocycles. The third kappa shape index (κ3) is 2.67. The van der Waals surface area contributed by atoms with E-state index in [0.717, 1.165) is 35.7 Å². The van der Waals surface area contributed by atoms with Crippen LogP contribution in [-0.2, 0) is 6.54 Å². The third-order valence-electron chi connectivity index (χ3n) is 3.91. The van der Waals surface area contributed by atoms with E-state index in [0.29, 0.717) is 12.0 Å². The zero-order valence-electron chi connectivity index (χ0n) is 13.3. The molecule has 2 heterocycles. The number of aryl methyl sites for hydroxylation is 2. The molecule has 0 amide bonds. The lowest BCUT2D eigenvalue weighted by Gasteiger charge is -2.17. The molecule has 20 heavy (non-hydrogen) atoms. The molecule has 0 spiro atoms. The SMILES string of the molecule is CCn1nc(C)c2nc(N)n(C(C)CCCC(C)C)c21. The predicted molar refractivity (Wildman–Crippen MR) is 83.7 cm³/mol. The molecule has 0 saturated carbocycles. The van der Waals surface area contributed by atoms with Crippen molar-refractivity contribution in [2.45, 2.75) is 66.5 Å². The highest BCUT2D eigenvalue weighted by atomic mass is 15.4. The van der Waals surface area contributed by atoms with Crippen molar-refractivity contribution in [3.63, 3.8) is 0 Å². The van der Waals surface area contributed by atoms with Gasteiger partial charge in [0.2, 0.25) is 5.95 Å². The highest BCUT2D eigenvalue weighted by Crippen LogP contribution is 2.28. The van der Waals surface area contributed by atoms with Gasteiger partial charge in [-0.3, -0.25) is 4.57 Å². The van der Waals surface area contributed by atoms with E-state index in [-0.39, 0.29) is 0 Å². The topological polar surface area (TPSA) is 61.7 Å². The van der Waals surface area contributed by atoms with Crippen LogP contribution in [-0.4, -0.2) is 19.3 Å². The van der Waals surface area contributed by atoms with Crippen molar-refractivity contribution in [3.05, 3.63) is 5.69 Å². The average molecular weight is 277 g/mol. The van der Waals surface area contributed by atoms with Gasteiger partial charge in [0.05, 0.1) is 5.69 Å². The van der Waals surface area contributed by atoms with Gasteiger partial charge in [0.1, 0.15) is 5.52 Å². The fourth-order valence-electron chi connectivity index (χ4n) is 2.81. The number of nitrogen functional groups attached to an aromatic ring is 1. The Bertz CT molecular complexity index is 579. The first-order chi connectivity index (χ1) is 9.45. The standard InChI is InChI=1S/C15H27N5/c1-6-19-14-13(12(5)18-19)17-15(16)20(14)11(4)9-7-8-10(2)3/h10-11H,6-9H2,1-5H3,(H2,16,17). The van der Waals surface area contributed by atoms with Crippen molar-refractivity contribution in [2.75, 3.05) is 5.73 Å². The van der Waals surface area contributed by atoms with Crippen LogP contribution in [0.5, 0.6) is 0 Å². The maximum Gasteiger partial charge on any atom is 0.202 e. The third-order valence-corrected chi connectivity index (χ3v) is 3.91. The molecule has 5 heteroatoms. The van der Waals surface area contributed by atoms with E-state index in [1.54, 1.807) is 0 Å². The van der Waals surface area contributed by atoms with Crippen molar-refractivity contribution in [2.24, 2.45) is 5.92 Å². The van der Waals surface area contributed by atoms with Crippen LogP contribution in [0, 0.1) is 12.8 Å². The van der Waals surface area contributed by atoms with Gasteiger partial charge in [0.15, 0.2) is 5.65 Å². The molecular formula is C15H27N5. The fourth-order valence-corrected chi connectivity index (χ4v) is 2.81. The normalized spacial score (nSPS) is 13.5. The number of rotatable bonds is 6. The second kappa shape index (κ2) is 5.85. The van der Waals surface area contributed by atoms with Gasteiger partial charge < -0.3 is 5.73 Å². The minimum absolute atomic E-state index is 0.361. The van der Waals surface area contributed by atoms with Crippen LogP contribution in [0.1, 0.15) is 58.7 Å². The molecule has 0 aromatic carbocycles. The number of anilines is 1. The highest BCUT2D eigenvalue weighted by Gasteiger charge is 2.20. The molecule has 2 aromatic rings. The Morgan fingerprint density at radius 3 is 2.50 bits per heavy atom. The molecule has 112 valence electrons. The van der Waals surface area contributed by atoms with E-state index in [4.69, 9.17) is 5.73 Å². The number of hydrogen-bond acceptors (Lipinski definition) is 3. The zero-order valence-corrected chi connectivity index (χ0v) is 13.3. The van der Waals surface area contributed by atoms with Gasteiger partial charge in [0.25, 0.3) is 0 Å². The highest BCUT2D eigenvalue weighted by molar-refractivity contribution is 5.77. The van der Waals surface area contributed by atoms with Crippen LogP contribution in [0.15, 0.2) is 0 Å². The van der Waals surface area contributed by atoms with Crippen LogP contribution in [0.25, 0.3) is 11.2 Å². The Kier molecular flexibility index (Phi) is 4.35. The predicted octanol–water partition coefficient (Wildman–Crippen LogP) is 3.53. The Morgan fingerprint density at radius 2 is 1.90 bits per heavy atom. The second-order valence-corrected chi connectivity index (χ2v) is 6.09. The van der Waals surface area contributed by atoms with Gasteiger partial charge in [-0.15, -0.1) is 0 Å². The molecule has 2 rings (SSSR count). The summed E-state index contributed by atoms with van der Waals surface area (Å²) in [6.07, 6.45) is 3.60. The van der Waals surface area contributed by atoms with Gasteiger partial charge in [-0.2, -0.15) is 5.10 Å². The van der Waals surface area contributed by atoms with Gasteiger partial charge in [-0.1, -0.05) is 26.7 Å². The fraction of sp³-hybridized carbons (Fsp3) is 0.733. The molecule has 0 saturated heterocycles. The summed E-state index contributed by atoms with van der Waals surface area (Å²) >= 11 is 0. The molecular weight excluding hydrogens is 250 g/mol. The first-order valence-electron chi connectivity index (χ1n) is 7.66. The molecule has 0 fully saturated rings. The van der Waals surface area contributed by atoms with Crippen molar-refractivity contribution in [3.8, 4) is 0 Å².